The van der Waals surface area contributed by atoms with Crippen molar-refractivity contribution in [2.45, 2.75) is 18.9 Å². The lowest BCUT2D eigenvalue weighted by atomic mass is 10.0. The second-order valence-electron chi connectivity index (χ2n) is 3.52. The number of carbonyl (C=O) groups is 1. The fraction of sp³-hybridized carbons (Fsp3) is 0.364. The zero-order valence-corrected chi connectivity index (χ0v) is 11.1. The minimum absolute atomic E-state index is 0.173. The summed E-state index contributed by atoms with van der Waals surface area (Å²) in [5, 5.41) is 9.54. The highest BCUT2D eigenvalue weighted by molar-refractivity contribution is 9.10. The van der Waals surface area contributed by atoms with Crippen LogP contribution in [0.4, 0.5) is 8.78 Å². The lowest BCUT2D eigenvalue weighted by Gasteiger charge is -2.22. The smallest absolute Gasteiger partial charge is 0.379 e. The number of phenolic OH excluding ortho intramolecular Hbond substituents is 1. The number of ether oxygens (including phenoxy) is 1. The molecule has 100 valence electrons. The van der Waals surface area contributed by atoms with Crippen LogP contribution in [0.3, 0.4) is 0 Å². The third-order valence-corrected chi connectivity index (χ3v) is 2.76. The van der Waals surface area contributed by atoms with Crippen LogP contribution in [0.5, 0.6) is 5.75 Å². The Balaban J connectivity index is 3.05. The maximum absolute atomic E-state index is 13.6. The van der Waals surface area contributed by atoms with Gasteiger partial charge >= 0.3 is 11.9 Å². The topological polar surface area (TPSA) is 72.5 Å². The standard InChI is InChI=1S/C11H12BrF2NO3/c1-2-18-10(17)11(13,14)9(15)7-4-3-6(12)5-8(7)16/h3-5,9,16H,2,15H2,1H3/t9-/m0/s1. The van der Waals surface area contributed by atoms with Crippen LogP contribution in [0.25, 0.3) is 0 Å². The number of hydrogen-bond acceptors (Lipinski definition) is 4. The van der Waals surface area contributed by atoms with Crippen molar-refractivity contribution in [3.05, 3.63) is 28.2 Å². The van der Waals surface area contributed by atoms with Gasteiger partial charge in [-0.3, -0.25) is 0 Å². The third-order valence-electron chi connectivity index (χ3n) is 2.27. The Labute approximate surface area is 111 Å². The van der Waals surface area contributed by atoms with Crippen molar-refractivity contribution < 1.29 is 23.4 Å². The van der Waals surface area contributed by atoms with Gasteiger partial charge in [0.1, 0.15) is 11.8 Å². The molecule has 4 nitrogen and oxygen atoms in total. The number of aromatic hydroxyl groups is 1. The Morgan fingerprint density at radius 3 is 2.72 bits per heavy atom. The number of rotatable bonds is 4. The van der Waals surface area contributed by atoms with Gasteiger partial charge in [0.2, 0.25) is 0 Å². The first-order valence-corrected chi connectivity index (χ1v) is 5.89. The zero-order valence-electron chi connectivity index (χ0n) is 9.49. The highest BCUT2D eigenvalue weighted by atomic mass is 79.9. The van der Waals surface area contributed by atoms with Gasteiger partial charge in [0.15, 0.2) is 0 Å². The fourth-order valence-corrected chi connectivity index (χ4v) is 1.68. The number of carbonyl (C=O) groups excluding carboxylic acids is 1. The molecule has 1 atom stereocenters. The summed E-state index contributed by atoms with van der Waals surface area (Å²) < 4.78 is 32.0. The first kappa shape index (κ1) is 14.8. The van der Waals surface area contributed by atoms with Crippen LogP contribution in [-0.2, 0) is 9.53 Å². The molecule has 0 aliphatic carbocycles. The van der Waals surface area contributed by atoms with E-state index in [0.29, 0.717) is 4.47 Å². The quantitative estimate of drug-likeness (QED) is 0.834. The number of benzene rings is 1. The van der Waals surface area contributed by atoms with Gasteiger partial charge in [-0.05, 0) is 19.1 Å². The first-order valence-electron chi connectivity index (χ1n) is 5.09. The van der Waals surface area contributed by atoms with E-state index in [-0.39, 0.29) is 12.2 Å². The van der Waals surface area contributed by atoms with Gasteiger partial charge in [-0.15, -0.1) is 0 Å². The van der Waals surface area contributed by atoms with Crippen LogP contribution in [0.15, 0.2) is 22.7 Å². The third kappa shape index (κ3) is 2.97. The van der Waals surface area contributed by atoms with Crippen molar-refractivity contribution in [1.29, 1.82) is 0 Å². The molecule has 0 heterocycles. The molecule has 1 aromatic rings. The fourth-order valence-electron chi connectivity index (χ4n) is 1.33. The Morgan fingerprint density at radius 2 is 2.22 bits per heavy atom. The molecule has 3 N–H and O–H groups in total. The van der Waals surface area contributed by atoms with Crippen LogP contribution in [0.2, 0.25) is 0 Å². The number of hydrogen-bond donors (Lipinski definition) is 2. The zero-order chi connectivity index (χ0) is 13.9. The highest BCUT2D eigenvalue weighted by Crippen LogP contribution is 2.36. The van der Waals surface area contributed by atoms with Crippen molar-refractivity contribution in [3.63, 3.8) is 0 Å². The van der Waals surface area contributed by atoms with Crippen molar-refractivity contribution in [3.8, 4) is 5.75 Å². The molecule has 0 saturated carbocycles. The summed E-state index contributed by atoms with van der Waals surface area (Å²) in [5.74, 6) is -6.03. The molecule has 0 aliphatic rings. The van der Waals surface area contributed by atoms with Gasteiger partial charge in [-0.1, -0.05) is 22.0 Å². The molecule has 0 bridgehead atoms. The van der Waals surface area contributed by atoms with Gasteiger partial charge in [0, 0.05) is 10.0 Å². The van der Waals surface area contributed by atoms with E-state index < -0.39 is 23.7 Å². The van der Waals surface area contributed by atoms with Crippen LogP contribution in [0, 0.1) is 0 Å². The minimum Gasteiger partial charge on any atom is -0.508 e. The van der Waals surface area contributed by atoms with Crippen LogP contribution in [0.1, 0.15) is 18.5 Å². The summed E-state index contributed by atoms with van der Waals surface area (Å²) in [5.41, 5.74) is 5.10. The summed E-state index contributed by atoms with van der Waals surface area (Å²) >= 11 is 3.07. The van der Waals surface area contributed by atoms with Crippen LogP contribution in [-0.4, -0.2) is 23.6 Å². The van der Waals surface area contributed by atoms with E-state index in [0.717, 1.165) is 0 Å². The van der Waals surface area contributed by atoms with Crippen molar-refractivity contribution >= 4 is 21.9 Å². The predicted octanol–water partition coefficient (Wildman–Crippen LogP) is 2.35. The monoisotopic (exact) mass is 323 g/mol. The summed E-state index contributed by atoms with van der Waals surface area (Å²) in [7, 11) is 0. The average molecular weight is 324 g/mol. The van der Waals surface area contributed by atoms with Gasteiger partial charge in [0.05, 0.1) is 6.61 Å². The van der Waals surface area contributed by atoms with E-state index in [4.69, 9.17) is 5.73 Å². The number of alkyl halides is 2. The van der Waals surface area contributed by atoms with Crippen LogP contribution < -0.4 is 5.73 Å². The molecule has 0 radical (unpaired) electrons. The minimum atomic E-state index is -3.90. The van der Waals surface area contributed by atoms with Crippen molar-refractivity contribution in [1.82, 2.24) is 0 Å². The van der Waals surface area contributed by atoms with E-state index in [2.05, 4.69) is 20.7 Å². The number of nitrogens with two attached hydrogens (primary N) is 1. The maximum atomic E-state index is 13.6. The van der Waals surface area contributed by atoms with Crippen molar-refractivity contribution in [2.75, 3.05) is 6.61 Å². The SMILES string of the molecule is CCOC(=O)C(F)(F)[C@@H](N)c1ccc(Br)cc1O. The molecule has 0 aliphatic heterocycles. The Bertz CT molecular complexity index is 454. The largest absolute Gasteiger partial charge is 0.508 e. The molecule has 0 unspecified atom stereocenters. The van der Waals surface area contributed by atoms with E-state index >= 15 is 0 Å². The molecule has 0 spiro atoms. The van der Waals surface area contributed by atoms with Gasteiger partial charge in [0.25, 0.3) is 0 Å². The Morgan fingerprint density at radius 1 is 1.61 bits per heavy atom. The summed E-state index contributed by atoms with van der Waals surface area (Å²) in [6, 6.07) is 1.91. The molecular weight excluding hydrogens is 312 g/mol. The van der Waals surface area contributed by atoms with E-state index in [9.17, 15) is 18.7 Å². The molecular formula is C11H12BrF2NO3. The number of halogens is 3. The molecule has 1 rings (SSSR count). The summed E-state index contributed by atoms with van der Waals surface area (Å²) in [4.78, 5) is 11.1. The molecule has 0 saturated heterocycles. The molecule has 0 aromatic heterocycles. The molecule has 0 fully saturated rings. The van der Waals surface area contributed by atoms with Gasteiger partial charge in [-0.2, -0.15) is 8.78 Å². The first-order chi connectivity index (χ1) is 8.30. The van der Waals surface area contributed by atoms with Gasteiger partial charge in [-0.25, -0.2) is 4.79 Å². The summed E-state index contributed by atoms with van der Waals surface area (Å²) in [6.45, 7) is 1.24. The average Bonchev–Trinajstić information content (AvgIpc) is 2.28. The second kappa shape index (κ2) is 5.62. The van der Waals surface area contributed by atoms with Crippen molar-refractivity contribution in [2.24, 2.45) is 5.73 Å². The highest BCUT2D eigenvalue weighted by Gasteiger charge is 2.48. The summed E-state index contributed by atoms with van der Waals surface area (Å²) in [6.07, 6.45) is 0. The Kier molecular flexibility index (Phi) is 4.64. The van der Waals surface area contributed by atoms with Gasteiger partial charge < -0.3 is 15.6 Å². The molecule has 0 amide bonds. The Hall–Kier alpha value is -1.21. The second-order valence-corrected chi connectivity index (χ2v) is 4.44. The number of phenols is 1. The molecule has 7 heteroatoms. The lowest BCUT2D eigenvalue weighted by molar-refractivity contribution is -0.174. The van der Waals surface area contributed by atoms with E-state index in [1.807, 2.05) is 0 Å². The van der Waals surface area contributed by atoms with E-state index in [1.165, 1.54) is 25.1 Å². The number of esters is 1. The maximum Gasteiger partial charge on any atom is 0.379 e. The molecule has 18 heavy (non-hydrogen) atoms. The van der Waals surface area contributed by atoms with Crippen LogP contribution >= 0.6 is 15.9 Å². The van der Waals surface area contributed by atoms with E-state index in [1.54, 1.807) is 0 Å². The lowest BCUT2D eigenvalue weighted by Crippen LogP contribution is -2.41. The predicted molar refractivity (Wildman–Crippen MR) is 64.3 cm³/mol. The molecule has 1 aromatic carbocycles. The normalized spacial score (nSPS) is 13.2.